The molecule has 2 rings (SSSR count). The quantitative estimate of drug-likeness (QED) is 0.768. The molecular weight excluding hydrogens is 394 g/mol. The molecular formula is C17H16BrNO4S. The predicted octanol–water partition coefficient (Wildman–Crippen LogP) is 3.37. The molecule has 0 saturated carbocycles. The Bertz CT molecular complexity index is 794. The molecule has 0 saturated heterocycles. The lowest BCUT2D eigenvalue weighted by molar-refractivity contribution is -0.123. The first-order valence-electron chi connectivity index (χ1n) is 7.08. The Morgan fingerprint density at radius 3 is 2.54 bits per heavy atom. The summed E-state index contributed by atoms with van der Waals surface area (Å²) < 4.78 is 17.7. The van der Waals surface area contributed by atoms with Crippen molar-refractivity contribution < 1.29 is 18.5 Å². The van der Waals surface area contributed by atoms with Crippen molar-refractivity contribution in [2.75, 3.05) is 11.6 Å². The molecule has 0 heterocycles. The van der Waals surface area contributed by atoms with Crippen LogP contribution in [0.2, 0.25) is 0 Å². The normalized spacial score (nSPS) is 13.0. The van der Waals surface area contributed by atoms with Crippen LogP contribution in [0.4, 0.5) is 5.69 Å². The highest BCUT2D eigenvalue weighted by atomic mass is 79.9. The number of nitrogens with one attached hydrogen (secondary N) is 1. The molecule has 0 aromatic heterocycles. The molecule has 0 aliphatic heterocycles. The number of amides is 1. The lowest BCUT2D eigenvalue weighted by Crippen LogP contribution is -2.30. The Hall–Kier alpha value is -1.99. The van der Waals surface area contributed by atoms with Crippen molar-refractivity contribution >= 4 is 44.3 Å². The molecule has 126 valence electrons. The van der Waals surface area contributed by atoms with Crippen LogP contribution in [0.3, 0.4) is 0 Å². The van der Waals surface area contributed by atoms with Gasteiger partial charge < -0.3 is 10.1 Å². The topological polar surface area (TPSA) is 72.5 Å². The third-order valence-corrected chi connectivity index (χ3v) is 4.63. The summed E-state index contributed by atoms with van der Waals surface area (Å²) in [4.78, 5) is 24.8. The molecule has 2 aromatic carbocycles. The summed E-state index contributed by atoms with van der Waals surface area (Å²) in [5.74, 6) is -1.13. The molecule has 0 fully saturated rings. The van der Waals surface area contributed by atoms with Gasteiger partial charge >= 0.3 is 5.97 Å². The van der Waals surface area contributed by atoms with E-state index in [4.69, 9.17) is 4.74 Å². The number of hydrogen-bond donors (Lipinski definition) is 1. The van der Waals surface area contributed by atoms with E-state index in [1.165, 1.54) is 19.2 Å². The zero-order valence-corrected chi connectivity index (χ0v) is 15.5. The van der Waals surface area contributed by atoms with E-state index in [-0.39, 0.29) is 5.56 Å². The van der Waals surface area contributed by atoms with Gasteiger partial charge in [0.1, 0.15) is 0 Å². The summed E-state index contributed by atoms with van der Waals surface area (Å²) in [7, 11) is -1.33. The van der Waals surface area contributed by atoms with Gasteiger partial charge in [-0.1, -0.05) is 34.1 Å². The Balaban J connectivity index is 2.06. The van der Waals surface area contributed by atoms with E-state index in [2.05, 4.69) is 21.2 Å². The van der Waals surface area contributed by atoms with Crippen LogP contribution in [0.15, 0.2) is 57.9 Å². The molecule has 2 aromatic rings. The maximum absolute atomic E-state index is 12.2. The minimum absolute atomic E-state index is 0.195. The third-order valence-electron chi connectivity index (χ3n) is 3.16. The number of ether oxygens (including phenoxy) is 1. The van der Waals surface area contributed by atoms with Crippen LogP contribution in [-0.2, 0) is 20.3 Å². The number of carbonyl (C=O) groups excluding carboxylic acids is 2. The van der Waals surface area contributed by atoms with Crippen LogP contribution >= 0.6 is 15.9 Å². The van der Waals surface area contributed by atoms with Crippen molar-refractivity contribution in [2.24, 2.45) is 0 Å². The second-order valence-corrected chi connectivity index (χ2v) is 7.26. The smallest absolute Gasteiger partial charge is 0.340 e. The Labute approximate surface area is 151 Å². The number of benzene rings is 2. The first-order chi connectivity index (χ1) is 11.4. The minimum Gasteiger partial charge on any atom is -0.449 e. The molecule has 5 nitrogen and oxygen atoms in total. The fourth-order valence-electron chi connectivity index (χ4n) is 1.97. The van der Waals surface area contributed by atoms with Gasteiger partial charge in [0, 0.05) is 16.4 Å². The Kier molecular flexibility index (Phi) is 6.28. The van der Waals surface area contributed by atoms with Crippen molar-refractivity contribution in [3.63, 3.8) is 0 Å². The molecule has 0 aliphatic rings. The number of rotatable bonds is 5. The van der Waals surface area contributed by atoms with Gasteiger partial charge in [-0.15, -0.1) is 0 Å². The molecule has 0 unspecified atom stereocenters. The van der Waals surface area contributed by atoms with Gasteiger partial charge in [0.25, 0.3) is 5.91 Å². The average Bonchev–Trinajstić information content (AvgIpc) is 2.54. The van der Waals surface area contributed by atoms with Gasteiger partial charge in [0.2, 0.25) is 0 Å². The SMILES string of the molecule is C[C@@H](OC(=O)c1ccccc1[S@](C)=O)C(=O)Nc1cccc(Br)c1. The number of carbonyl (C=O) groups is 2. The lowest BCUT2D eigenvalue weighted by Gasteiger charge is -2.14. The van der Waals surface area contributed by atoms with Gasteiger partial charge in [-0.2, -0.15) is 0 Å². The largest absolute Gasteiger partial charge is 0.449 e. The second kappa shape index (κ2) is 8.21. The maximum atomic E-state index is 12.2. The van der Waals surface area contributed by atoms with Crippen molar-refractivity contribution in [2.45, 2.75) is 17.9 Å². The van der Waals surface area contributed by atoms with E-state index in [0.717, 1.165) is 4.47 Å². The molecule has 0 spiro atoms. The van der Waals surface area contributed by atoms with E-state index in [1.54, 1.807) is 36.4 Å². The third kappa shape index (κ3) is 4.75. The zero-order chi connectivity index (χ0) is 17.7. The van der Waals surface area contributed by atoms with Crippen LogP contribution in [0, 0.1) is 0 Å². The number of halogens is 1. The standard InChI is InChI=1S/C17H16BrNO4S/c1-11(16(20)19-13-7-5-6-12(18)10-13)23-17(21)14-8-3-4-9-15(14)24(2)22/h3-11H,1-2H3,(H,19,20)/t11-,24+/m1/s1. The summed E-state index contributed by atoms with van der Waals surface area (Å²) in [6, 6.07) is 13.5. The molecule has 1 N–H and O–H groups in total. The summed E-state index contributed by atoms with van der Waals surface area (Å²) in [5, 5.41) is 2.67. The zero-order valence-electron chi connectivity index (χ0n) is 13.1. The summed E-state index contributed by atoms with van der Waals surface area (Å²) in [5.41, 5.74) is 0.785. The molecule has 0 radical (unpaired) electrons. The van der Waals surface area contributed by atoms with Crippen LogP contribution in [-0.4, -0.2) is 28.4 Å². The summed E-state index contributed by atoms with van der Waals surface area (Å²) in [6.45, 7) is 1.48. The fourth-order valence-corrected chi connectivity index (χ4v) is 3.10. The van der Waals surface area contributed by atoms with E-state index in [9.17, 15) is 13.8 Å². The van der Waals surface area contributed by atoms with Crippen molar-refractivity contribution in [3.05, 3.63) is 58.6 Å². The van der Waals surface area contributed by atoms with Crippen LogP contribution < -0.4 is 5.32 Å². The van der Waals surface area contributed by atoms with Gasteiger partial charge in [0.05, 0.1) is 21.3 Å². The molecule has 0 bridgehead atoms. The summed E-state index contributed by atoms with van der Waals surface area (Å²) in [6.07, 6.45) is 0.491. The van der Waals surface area contributed by atoms with Gasteiger partial charge in [-0.3, -0.25) is 9.00 Å². The van der Waals surface area contributed by atoms with Crippen LogP contribution in [0.25, 0.3) is 0 Å². The Morgan fingerprint density at radius 1 is 1.17 bits per heavy atom. The minimum atomic E-state index is -1.33. The molecule has 7 heteroatoms. The Morgan fingerprint density at radius 2 is 1.88 bits per heavy atom. The van der Waals surface area contributed by atoms with Crippen molar-refractivity contribution in [3.8, 4) is 0 Å². The second-order valence-electron chi connectivity index (χ2n) is 5.00. The number of esters is 1. The predicted molar refractivity (Wildman–Crippen MR) is 96.4 cm³/mol. The lowest BCUT2D eigenvalue weighted by atomic mass is 10.2. The van der Waals surface area contributed by atoms with Crippen LogP contribution in [0.1, 0.15) is 17.3 Å². The number of anilines is 1. The van der Waals surface area contributed by atoms with E-state index >= 15 is 0 Å². The monoisotopic (exact) mass is 409 g/mol. The van der Waals surface area contributed by atoms with Gasteiger partial charge in [0.15, 0.2) is 6.10 Å². The first-order valence-corrected chi connectivity index (χ1v) is 9.43. The van der Waals surface area contributed by atoms with Crippen LogP contribution in [0.5, 0.6) is 0 Å². The van der Waals surface area contributed by atoms with Crippen molar-refractivity contribution in [1.29, 1.82) is 0 Å². The highest BCUT2D eigenvalue weighted by Crippen LogP contribution is 2.17. The highest BCUT2D eigenvalue weighted by molar-refractivity contribution is 9.10. The molecule has 1 amide bonds. The molecule has 2 atom stereocenters. The van der Waals surface area contributed by atoms with Gasteiger partial charge in [-0.05, 0) is 37.3 Å². The summed E-state index contributed by atoms with van der Waals surface area (Å²) >= 11 is 3.32. The molecule has 0 aliphatic carbocycles. The van der Waals surface area contributed by atoms with Crippen molar-refractivity contribution in [1.82, 2.24) is 0 Å². The van der Waals surface area contributed by atoms with Gasteiger partial charge in [-0.25, -0.2) is 4.79 Å². The highest BCUT2D eigenvalue weighted by Gasteiger charge is 2.21. The fraction of sp³-hybridized carbons (Fsp3) is 0.176. The number of hydrogen-bond acceptors (Lipinski definition) is 4. The van der Waals surface area contributed by atoms with E-state index in [1.807, 2.05) is 6.07 Å². The maximum Gasteiger partial charge on any atom is 0.340 e. The van der Waals surface area contributed by atoms with E-state index in [0.29, 0.717) is 10.6 Å². The molecule has 24 heavy (non-hydrogen) atoms. The first kappa shape index (κ1) is 18.4. The average molecular weight is 410 g/mol. The van der Waals surface area contributed by atoms with E-state index < -0.39 is 28.8 Å².